The maximum absolute atomic E-state index is 14.6. The molecule has 2 atom stereocenters. The van der Waals surface area contributed by atoms with Gasteiger partial charge in [-0.05, 0) is 34.8 Å². The van der Waals surface area contributed by atoms with Crippen molar-refractivity contribution in [3.63, 3.8) is 0 Å². The molecule has 6 nitrogen and oxygen atoms in total. The number of aliphatic hydroxyl groups is 1. The average Bonchev–Trinajstić information content (AvgIpc) is 3.24. The number of nitrogens with one attached hydrogen (secondary N) is 2. The zero-order chi connectivity index (χ0) is 24.9. The molecule has 0 radical (unpaired) electrons. The highest BCUT2D eigenvalue weighted by molar-refractivity contribution is 5.91. The number of benzene rings is 2. The van der Waals surface area contributed by atoms with Crippen molar-refractivity contribution in [1.82, 2.24) is 15.5 Å². The Morgan fingerprint density at radius 1 is 1.15 bits per heavy atom. The fourth-order valence-electron chi connectivity index (χ4n) is 3.98. The number of halogens is 2. The molecule has 1 aliphatic heterocycles. The van der Waals surface area contributed by atoms with Crippen LogP contribution in [0, 0.1) is 17.0 Å². The third-order valence-electron chi connectivity index (χ3n) is 5.73. The summed E-state index contributed by atoms with van der Waals surface area (Å²) in [5, 5.41) is 14.5. The number of carbonyl (C=O) groups is 2. The van der Waals surface area contributed by atoms with Crippen LogP contribution >= 0.6 is 0 Å². The molecule has 0 spiro atoms. The minimum Gasteiger partial charge on any atom is -0.395 e. The normalized spacial score (nSPS) is 16.8. The predicted octanol–water partition coefficient (Wildman–Crippen LogP) is 3.04. The summed E-state index contributed by atoms with van der Waals surface area (Å²) in [6.07, 6.45) is 1.77. The zero-order valence-corrected chi connectivity index (χ0v) is 19.6. The first kappa shape index (κ1) is 25.5. The van der Waals surface area contributed by atoms with Gasteiger partial charge in [0, 0.05) is 18.7 Å². The molecule has 0 bridgehead atoms. The molecule has 2 amide bonds. The molecule has 0 aliphatic carbocycles. The lowest BCUT2D eigenvalue weighted by Crippen LogP contribution is -2.56. The number of amides is 2. The topological polar surface area (TPSA) is 81.7 Å². The molecule has 0 unspecified atom stereocenters. The van der Waals surface area contributed by atoms with Gasteiger partial charge in [0.05, 0.1) is 19.2 Å². The van der Waals surface area contributed by atoms with Gasteiger partial charge >= 0.3 is 0 Å². The van der Waals surface area contributed by atoms with Crippen LogP contribution in [0.2, 0.25) is 0 Å². The van der Waals surface area contributed by atoms with Crippen LogP contribution in [0.4, 0.5) is 8.78 Å². The molecular weight excluding hydrogens is 440 g/mol. The number of carbonyl (C=O) groups excluding carboxylic acids is 2. The van der Waals surface area contributed by atoms with Crippen LogP contribution in [0.5, 0.6) is 0 Å². The van der Waals surface area contributed by atoms with Crippen LogP contribution in [0.15, 0.2) is 54.6 Å². The average molecular weight is 472 g/mol. The van der Waals surface area contributed by atoms with Crippen molar-refractivity contribution in [3.05, 3.63) is 77.4 Å². The predicted molar refractivity (Wildman–Crippen MR) is 127 cm³/mol. The number of hydrogen-bond donors (Lipinski definition) is 3. The second-order valence-electron chi connectivity index (χ2n) is 9.40. The van der Waals surface area contributed by atoms with Gasteiger partial charge < -0.3 is 20.6 Å². The van der Waals surface area contributed by atoms with Crippen molar-refractivity contribution in [3.8, 4) is 0 Å². The van der Waals surface area contributed by atoms with Crippen LogP contribution in [-0.2, 0) is 9.59 Å². The van der Waals surface area contributed by atoms with Crippen molar-refractivity contribution >= 4 is 17.4 Å². The summed E-state index contributed by atoms with van der Waals surface area (Å²) in [7, 11) is 0. The number of hydrogen-bond acceptors (Lipinski definition) is 4. The first-order valence-corrected chi connectivity index (χ1v) is 11.2. The van der Waals surface area contributed by atoms with Crippen LogP contribution in [-0.4, -0.2) is 54.1 Å². The Kier molecular flexibility index (Phi) is 8.17. The van der Waals surface area contributed by atoms with Gasteiger partial charge in [0.25, 0.3) is 0 Å². The summed E-state index contributed by atoms with van der Waals surface area (Å²) in [6.45, 7) is 5.74. The summed E-state index contributed by atoms with van der Waals surface area (Å²) >= 11 is 0. The second-order valence-corrected chi connectivity index (χ2v) is 9.40. The maximum atomic E-state index is 14.6. The molecule has 2 aromatic rings. The van der Waals surface area contributed by atoms with Crippen LogP contribution < -0.4 is 10.6 Å². The molecule has 182 valence electrons. The molecule has 0 aromatic heterocycles. The second kappa shape index (κ2) is 10.9. The van der Waals surface area contributed by atoms with Crippen molar-refractivity contribution in [2.24, 2.45) is 5.41 Å². The molecule has 2 aromatic carbocycles. The number of nitrogens with zero attached hydrogens (tertiary/aromatic N) is 1. The maximum Gasteiger partial charge on any atom is 0.246 e. The lowest BCUT2D eigenvalue weighted by atomic mass is 9.85. The highest BCUT2D eigenvalue weighted by atomic mass is 19.1. The van der Waals surface area contributed by atoms with Gasteiger partial charge in [-0.25, -0.2) is 8.78 Å². The van der Waals surface area contributed by atoms with E-state index in [-0.39, 0.29) is 43.6 Å². The molecule has 0 saturated carbocycles. The van der Waals surface area contributed by atoms with Crippen LogP contribution in [0.1, 0.15) is 37.9 Å². The largest absolute Gasteiger partial charge is 0.395 e. The van der Waals surface area contributed by atoms with E-state index in [1.807, 2.05) is 51.1 Å². The minimum atomic E-state index is -0.854. The fraction of sp³-hybridized carbons (Fsp3) is 0.385. The van der Waals surface area contributed by atoms with Crippen molar-refractivity contribution in [1.29, 1.82) is 0 Å². The van der Waals surface area contributed by atoms with E-state index in [1.165, 1.54) is 0 Å². The first-order valence-electron chi connectivity index (χ1n) is 11.2. The van der Waals surface area contributed by atoms with E-state index in [1.54, 1.807) is 11.0 Å². The molecule has 3 rings (SSSR count). The highest BCUT2D eigenvalue weighted by Crippen LogP contribution is 2.37. The third-order valence-corrected chi connectivity index (χ3v) is 5.73. The molecule has 34 heavy (non-hydrogen) atoms. The van der Waals surface area contributed by atoms with Crippen LogP contribution in [0.25, 0.3) is 5.57 Å². The van der Waals surface area contributed by atoms with E-state index in [0.717, 1.165) is 23.8 Å². The minimum absolute atomic E-state index is 0.0411. The smallest absolute Gasteiger partial charge is 0.246 e. The van der Waals surface area contributed by atoms with Gasteiger partial charge in [0.1, 0.15) is 17.7 Å². The number of aliphatic hydroxyl groups excluding tert-OH is 1. The number of rotatable bonds is 8. The Balaban J connectivity index is 1.93. The van der Waals surface area contributed by atoms with Gasteiger partial charge in [-0.1, -0.05) is 57.2 Å². The molecular formula is C26H31F2N3O3. The molecule has 8 heteroatoms. The Morgan fingerprint density at radius 2 is 1.85 bits per heavy atom. The Labute approximate surface area is 198 Å². The van der Waals surface area contributed by atoms with Gasteiger partial charge in [-0.3, -0.25) is 9.59 Å². The molecule has 1 aliphatic rings. The summed E-state index contributed by atoms with van der Waals surface area (Å²) < 4.78 is 28.4. The van der Waals surface area contributed by atoms with E-state index < -0.39 is 29.1 Å². The van der Waals surface area contributed by atoms with E-state index in [0.29, 0.717) is 5.57 Å². The van der Waals surface area contributed by atoms with E-state index >= 15 is 0 Å². The Morgan fingerprint density at radius 3 is 2.50 bits per heavy atom. The van der Waals surface area contributed by atoms with E-state index in [9.17, 15) is 18.4 Å². The molecule has 3 N–H and O–H groups in total. The molecule has 1 heterocycles. The van der Waals surface area contributed by atoms with E-state index in [2.05, 4.69) is 10.6 Å². The third kappa shape index (κ3) is 6.07. The molecule has 0 saturated heterocycles. The van der Waals surface area contributed by atoms with Gasteiger partial charge in [0.15, 0.2) is 0 Å². The standard InChI is InChI=1S/C26H31F2N3O3/c1-26(2,3)24(30-23(33)15-29-11-12-32)25(34)31-16-18(20-14-19(27)9-10-21(20)28)13-22(31)17-7-5-4-6-8-17/h4-10,13-14,22,24,29,32H,11-12,15-16H2,1-3H3,(H,30,33)/t22-,24+/m0/s1. The first-order chi connectivity index (χ1) is 16.1. The van der Waals surface area contributed by atoms with E-state index in [4.69, 9.17) is 5.11 Å². The monoisotopic (exact) mass is 471 g/mol. The van der Waals surface area contributed by atoms with Crippen molar-refractivity contribution in [2.75, 3.05) is 26.2 Å². The fourth-order valence-corrected chi connectivity index (χ4v) is 3.98. The lowest BCUT2D eigenvalue weighted by molar-refractivity contribution is -0.139. The highest BCUT2D eigenvalue weighted by Gasteiger charge is 2.40. The summed E-state index contributed by atoms with van der Waals surface area (Å²) in [5.74, 6) is -1.82. The van der Waals surface area contributed by atoms with Crippen LogP contribution in [0.3, 0.4) is 0 Å². The SMILES string of the molecule is CC(C)(C)[C@H](NC(=O)CNCCO)C(=O)N1CC(c2cc(F)ccc2F)=C[C@H]1c1ccccc1. The summed E-state index contributed by atoms with van der Waals surface area (Å²) in [4.78, 5) is 27.9. The zero-order valence-electron chi connectivity index (χ0n) is 19.6. The Bertz CT molecular complexity index is 1050. The van der Waals surface area contributed by atoms with Gasteiger partial charge in [0.2, 0.25) is 11.8 Å². The summed E-state index contributed by atoms with van der Waals surface area (Å²) in [6, 6.07) is 11.2. The van der Waals surface area contributed by atoms with Gasteiger partial charge in [-0.2, -0.15) is 0 Å². The van der Waals surface area contributed by atoms with Crippen molar-refractivity contribution in [2.45, 2.75) is 32.9 Å². The van der Waals surface area contributed by atoms with Crippen molar-refractivity contribution < 1.29 is 23.5 Å². The molecule has 0 fully saturated rings. The van der Waals surface area contributed by atoms with Gasteiger partial charge in [-0.15, -0.1) is 0 Å². The quantitative estimate of drug-likeness (QED) is 0.517. The lowest BCUT2D eigenvalue weighted by Gasteiger charge is -2.36. The Hall–Kier alpha value is -3.10. The summed E-state index contributed by atoms with van der Waals surface area (Å²) in [5.41, 5.74) is 0.826.